The summed E-state index contributed by atoms with van der Waals surface area (Å²) in [6, 6.07) is 1.94. The van der Waals surface area contributed by atoms with Crippen LogP contribution >= 0.6 is 12.2 Å². The van der Waals surface area contributed by atoms with Crippen LogP contribution in [0.25, 0.3) is 0 Å². The third-order valence-electron chi connectivity index (χ3n) is 1.98. The summed E-state index contributed by atoms with van der Waals surface area (Å²) in [5, 5.41) is 2.69. The van der Waals surface area contributed by atoms with E-state index in [1.165, 1.54) is 0 Å². The van der Waals surface area contributed by atoms with Gasteiger partial charge in [0.05, 0.1) is 0 Å². The van der Waals surface area contributed by atoms with E-state index in [4.69, 9.17) is 17.0 Å². The lowest BCUT2D eigenvalue weighted by Crippen LogP contribution is -2.32. The molecule has 1 amide bonds. The Balaban J connectivity index is 2.53. The van der Waals surface area contributed by atoms with Crippen molar-refractivity contribution in [2.75, 3.05) is 0 Å². The van der Waals surface area contributed by atoms with Gasteiger partial charge in [-0.3, -0.25) is 0 Å². The second kappa shape index (κ2) is 5.31. The number of aromatic amines is 1. The fourth-order valence-electron chi connectivity index (χ4n) is 1.25. The van der Waals surface area contributed by atoms with E-state index in [1.807, 2.05) is 33.8 Å². The molecule has 2 N–H and O–H groups in total. The van der Waals surface area contributed by atoms with Crippen LogP contribution in [0.4, 0.5) is 4.79 Å². The van der Waals surface area contributed by atoms with Crippen molar-refractivity contribution >= 4 is 18.3 Å². The fraction of sp³-hybridized carbons (Fsp3) is 0.500. The molecule has 0 aliphatic heterocycles. The number of pyridine rings is 1. The van der Waals surface area contributed by atoms with Crippen molar-refractivity contribution in [3.63, 3.8) is 0 Å². The van der Waals surface area contributed by atoms with E-state index in [2.05, 4.69) is 10.3 Å². The van der Waals surface area contributed by atoms with Crippen molar-refractivity contribution < 1.29 is 9.53 Å². The van der Waals surface area contributed by atoms with Crippen molar-refractivity contribution in [2.45, 2.75) is 39.8 Å². The molecule has 4 nitrogen and oxygen atoms in total. The van der Waals surface area contributed by atoms with Crippen LogP contribution in [-0.2, 0) is 11.3 Å². The Bertz CT molecular complexity index is 460. The standard InChI is InChI=1S/C12H18N2O2S/c1-8-5-9(6-13-10(8)17)7-14-11(15)16-12(2,3)4/h5-6H,7H2,1-4H3,(H,13,17)(H,14,15). The van der Waals surface area contributed by atoms with Crippen LogP contribution < -0.4 is 5.32 Å². The van der Waals surface area contributed by atoms with Gasteiger partial charge < -0.3 is 15.0 Å². The zero-order chi connectivity index (χ0) is 13.1. The molecule has 1 rings (SSSR count). The summed E-state index contributed by atoms with van der Waals surface area (Å²) >= 11 is 5.05. The number of hydrogen-bond donors (Lipinski definition) is 2. The third kappa shape index (κ3) is 4.99. The number of H-pyrrole nitrogens is 1. The molecule has 0 saturated carbocycles. The molecule has 5 heteroatoms. The van der Waals surface area contributed by atoms with Crippen LogP contribution in [-0.4, -0.2) is 16.7 Å². The van der Waals surface area contributed by atoms with Gasteiger partial charge >= 0.3 is 6.09 Å². The van der Waals surface area contributed by atoms with Gasteiger partial charge in [0, 0.05) is 12.7 Å². The number of carbonyl (C=O) groups excluding carboxylic acids is 1. The van der Waals surface area contributed by atoms with Gasteiger partial charge in [-0.25, -0.2) is 4.79 Å². The minimum Gasteiger partial charge on any atom is -0.444 e. The Morgan fingerprint density at radius 3 is 2.71 bits per heavy atom. The zero-order valence-corrected chi connectivity index (χ0v) is 11.4. The van der Waals surface area contributed by atoms with Crippen LogP contribution in [0.2, 0.25) is 0 Å². The normalized spacial score (nSPS) is 11.1. The Hall–Kier alpha value is -1.36. The van der Waals surface area contributed by atoms with Gasteiger partial charge in [0.1, 0.15) is 10.2 Å². The molecule has 94 valence electrons. The van der Waals surface area contributed by atoms with Crippen molar-refractivity contribution in [2.24, 2.45) is 0 Å². The molecule has 0 aliphatic carbocycles. The molecule has 0 bridgehead atoms. The van der Waals surface area contributed by atoms with E-state index in [0.717, 1.165) is 11.1 Å². The van der Waals surface area contributed by atoms with Gasteiger partial charge in [-0.15, -0.1) is 0 Å². The van der Waals surface area contributed by atoms with E-state index in [0.29, 0.717) is 11.2 Å². The van der Waals surface area contributed by atoms with Crippen molar-refractivity contribution in [1.29, 1.82) is 0 Å². The maximum absolute atomic E-state index is 11.4. The average Bonchev–Trinajstić information content (AvgIpc) is 2.17. The number of rotatable bonds is 2. The molecule has 0 radical (unpaired) electrons. The first-order chi connectivity index (χ1) is 7.78. The first-order valence-electron chi connectivity index (χ1n) is 5.43. The van der Waals surface area contributed by atoms with E-state index in [-0.39, 0.29) is 0 Å². The average molecular weight is 254 g/mol. The lowest BCUT2D eigenvalue weighted by Gasteiger charge is -2.19. The lowest BCUT2D eigenvalue weighted by atomic mass is 10.2. The van der Waals surface area contributed by atoms with E-state index in [9.17, 15) is 4.79 Å². The summed E-state index contributed by atoms with van der Waals surface area (Å²) in [7, 11) is 0. The molecule has 17 heavy (non-hydrogen) atoms. The van der Waals surface area contributed by atoms with E-state index < -0.39 is 11.7 Å². The molecule has 0 fully saturated rings. The second-order valence-corrected chi connectivity index (χ2v) is 5.28. The quantitative estimate of drug-likeness (QED) is 0.797. The van der Waals surface area contributed by atoms with E-state index >= 15 is 0 Å². The molecular formula is C12H18N2O2S. The molecule has 0 aromatic carbocycles. The molecule has 1 aromatic heterocycles. The molecule has 0 saturated heterocycles. The van der Waals surface area contributed by atoms with Crippen LogP contribution in [0.1, 0.15) is 31.9 Å². The van der Waals surface area contributed by atoms with Gasteiger partial charge in [0.15, 0.2) is 0 Å². The molecule has 1 heterocycles. The highest BCUT2D eigenvalue weighted by Crippen LogP contribution is 2.07. The van der Waals surface area contributed by atoms with Crippen LogP contribution in [0.15, 0.2) is 12.3 Å². The lowest BCUT2D eigenvalue weighted by molar-refractivity contribution is 0.0523. The topological polar surface area (TPSA) is 54.1 Å². The summed E-state index contributed by atoms with van der Waals surface area (Å²) in [5.74, 6) is 0. The number of nitrogens with one attached hydrogen (secondary N) is 2. The Morgan fingerprint density at radius 1 is 1.53 bits per heavy atom. The minimum absolute atomic E-state index is 0.419. The molecular weight excluding hydrogens is 236 g/mol. The maximum Gasteiger partial charge on any atom is 0.407 e. The van der Waals surface area contributed by atoms with Crippen molar-refractivity contribution in [1.82, 2.24) is 10.3 Å². The summed E-state index contributed by atoms with van der Waals surface area (Å²) < 4.78 is 5.85. The Kier molecular flexibility index (Phi) is 4.28. The first-order valence-corrected chi connectivity index (χ1v) is 5.84. The fourth-order valence-corrected chi connectivity index (χ4v) is 1.37. The highest BCUT2D eigenvalue weighted by atomic mass is 32.1. The highest BCUT2D eigenvalue weighted by molar-refractivity contribution is 7.71. The summed E-state index contributed by atoms with van der Waals surface area (Å²) in [4.78, 5) is 14.4. The zero-order valence-electron chi connectivity index (χ0n) is 10.6. The predicted molar refractivity (Wildman–Crippen MR) is 69.4 cm³/mol. The number of aromatic nitrogens is 1. The van der Waals surface area contributed by atoms with Crippen LogP contribution in [0.5, 0.6) is 0 Å². The molecule has 0 spiro atoms. The SMILES string of the molecule is Cc1cc(CNC(=O)OC(C)(C)C)c[nH]c1=S. The van der Waals surface area contributed by atoms with Gasteiger partial charge in [0.25, 0.3) is 0 Å². The van der Waals surface area contributed by atoms with Gasteiger partial charge in [0.2, 0.25) is 0 Å². The number of amides is 1. The summed E-state index contributed by atoms with van der Waals surface area (Å²) in [5.41, 5.74) is 1.47. The van der Waals surface area contributed by atoms with E-state index in [1.54, 1.807) is 6.20 Å². The summed E-state index contributed by atoms with van der Waals surface area (Å²) in [6.45, 7) is 7.83. The summed E-state index contributed by atoms with van der Waals surface area (Å²) in [6.07, 6.45) is 1.37. The van der Waals surface area contributed by atoms with Crippen LogP contribution in [0.3, 0.4) is 0 Å². The van der Waals surface area contributed by atoms with Crippen molar-refractivity contribution in [3.8, 4) is 0 Å². The second-order valence-electron chi connectivity index (χ2n) is 4.88. The molecule has 1 aromatic rings. The third-order valence-corrected chi connectivity index (χ3v) is 2.42. The maximum atomic E-state index is 11.4. The minimum atomic E-state index is -0.476. The smallest absolute Gasteiger partial charge is 0.407 e. The first kappa shape index (κ1) is 13.7. The van der Waals surface area contributed by atoms with Crippen molar-refractivity contribution in [3.05, 3.63) is 28.0 Å². The molecule has 0 aliphatic rings. The number of hydrogen-bond acceptors (Lipinski definition) is 3. The number of alkyl carbamates (subject to hydrolysis) is 1. The Labute approximate surface area is 106 Å². The number of carbonyl (C=O) groups is 1. The van der Waals surface area contributed by atoms with Gasteiger partial charge in [-0.05, 0) is 44.9 Å². The number of aryl methyl sites for hydroxylation is 1. The largest absolute Gasteiger partial charge is 0.444 e. The highest BCUT2D eigenvalue weighted by Gasteiger charge is 2.15. The monoisotopic (exact) mass is 254 g/mol. The van der Waals surface area contributed by atoms with Gasteiger partial charge in [-0.2, -0.15) is 0 Å². The Morgan fingerprint density at radius 2 is 2.18 bits per heavy atom. The van der Waals surface area contributed by atoms with Crippen LogP contribution in [0, 0.1) is 11.6 Å². The number of ether oxygens (including phenoxy) is 1. The predicted octanol–water partition coefficient (Wildman–Crippen LogP) is 3.08. The molecule has 0 atom stereocenters. The molecule has 0 unspecified atom stereocenters. The van der Waals surface area contributed by atoms with Gasteiger partial charge in [-0.1, -0.05) is 12.2 Å².